The maximum absolute atomic E-state index is 10.6. The number of primary amides is 1. The molecule has 82 valence electrons. The first-order valence-corrected chi connectivity index (χ1v) is 4.83. The molecule has 0 spiro atoms. The number of carbonyl (C=O) groups is 1. The third kappa shape index (κ3) is 2.95. The Morgan fingerprint density at radius 1 is 1.33 bits per heavy atom. The Kier molecular flexibility index (Phi) is 3.31. The number of amides is 2. The molecule has 0 bridgehead atoms. The average molecular weight is 207 g/mol. The number of carbonyl (C=O) groups excluding carboxylic acids is 1. The smallest absolute Gasteiger partial charge is 0.316 e. The predicted octanol–water partition coefficient (Wildman–Crippen LogP) is 1.41. The van der Waals surface area contributed by atoms with E-state index in [1.165, 1.54) is 0 Å². The zero-order valence-corrected chi connectivity index (χ0v) is 9.08. The Morgan fingerprint density at radius 3 is 2.27 bits per heavy atom. The van der Waals surface area contributed by atoms with Crippen molar-refractivity contribution in [2.45, 2.75) is 19.3 Å². The molecule has 1 rings (SSSR count). The highest BCUT2D eigenvalue weighted by Gasteiger charge is 2.17. The summed E-state index contributed by atoms with van der Waals surface area (Å²) in [4.78, 5) is 10.6. The van der Waals surface area contributed by atoms with Crippen molar-refractivity contribution in [3.8, 4) is 0 Å². The lowest BCUT2D eigenvalue weighted by Crippen LogP contribution is -2.28. The molecule has 0 radical (unpaired) electrons. The second-order valence-electron chi connectivity index (χ2n) is 4.15. The largest absolute Gasteiger partial charge is 0.351 e. The Morgan fingerprint density at radius 2 is 1.87 bits per heavy atom. The van der Waals surface area contributed by atoms with Gasteiger partial charge in [-0.25, -0.2) is 4.79 Å². The SMILES string of the molecule is CC(C)(CN)c1ccc(NC(N)=O)cc1. The summed E-state index contributed by atoms with van der Waals surface area (Å²) in [5.41, 5.74) is 12.5. The van der Waals surface area contributed by atoms with Crippen LogP contribution in [-0.2, 0) is 5.41 Å². The van der Waals surface area contributed by atoms with Crippen LogP contribution in [-0.4, -0.2) is 12.6 Å². The number of nitrogens with one attached hydrogen (secondary N) is 1. The van der Waals surface area contributed by atoms with Gasteiger partial charge in [0, 0.05) is 17.6 Å². The van der Waals surface area contributed by atoms with Gasteiger partial charge in [-0.15, -0.1) is 0 Å². The van der Waals surface area contributed by atoms with Gasteiger partial charge in [0.15, 0.2) is 0 Å². The molecule has 1 aromatic carbocycles. The molecule has 0 aliphatic carbocycles. The van der Waals surface area contributed by atoms with Crippen molar-refractivity contribution < 1.29 is 4.79 Å². The Bertz CT molecular complexity index is 343. The van der Waals surface area contributed by atoms with Gasteiger partial charge < -0.3 is 16.8 Å². The predicted molar refractivity (Wildman–Crippen MR) is 61.7 cm³/mol. The zero-order chi connectivity index (χ0) is 11.5. The summed E-state index contributed by atoms with van der Waals surface area (Å²) in [5.74, 6) is 0. The third-order valence-corrected chi connectivity index (χ3v) is 2.44. The van der Waals surface area contributed by atoms with Gasteiger partial charge in [-0.3, -0.25) is 0 Å². The number of urea groups is 1. The van der Waals surface area contributed by atoms with Crippen LogP contribution in [0.25, 0.3) is 0 Å². The molecule has 5 N–H and O–H groups in total. The van der Waals surface area contributed by atoms with Crippen LogP contribution in [0.15, 0.2) is 24.3 Å². The fourth-order valence-electron chi connectivity index (χ4n) is 1.26. The summed E-state index contributed by atoms with van der Waals surface area (Å²) in [6.07, 6.45) is 0. The molecule has 0 heterocycles. The maximum atomic E-state index is 10.6. The summed E-state index contributed by atoms with van der Waals surface area (Å²) in [5, 5.41) is 2.51. The normalized spacial score (nSPS) is 11.1. The Balaban J connectivity index is 2.85. The molecular formula is C11H17N3O. The highest BCUT2D eigenvalue weighted by atomic mass is 16.2. The van der Waals surface area contributed by atoms with Gasteiger partial charge in [0.25, 0.3) is 0 Å². The van der Waals surface area contributed by atoms with E-state index in [9.17, 15) is 4.79 Å². The number of anilines is 1. The van der Waals surface area contributed by atoms with Crippen molar-refractivity contribution in [1.29, 1.82) is 0 Å². The summed E-state index contributed by atoms with van der Waals surface area (Å²) >= 11 is 0. The van der Waals surface area contributed by atoms with Crippen molar-refractivity contribution in [3.63, 3.8) is 0 Å². The van der Waals surface area contributed by atoms with E-state index in [1.54, 1.807) is 0 Å². The standard InChI is InChI=1S/C11H17N3O/c1-11(2,7-12)8-3-5-9(6-4-8)14-10(13)15/h3-6H,7,12H2,1-2H3,(H3,13,14,15). The number of rotatable bonds is 3. The van der Waals surface area contributed by atoms with Crippen LogP contribution in [0, 0.1) is 0 Å². The van der Waals surface area contributed by atoms with Gasteiger partial charge in [0.05, 0.1) is 0 Å². The molecule has 0 saturated heterocycles. The molecule has 1 aromatic rings. The van der Waals surface area contributed by atoms with Crippen LogP contribution in [0.1, 0.15) is 19.4 Å². The molecule has 15 heavy (non-hydrogen) atoms. The van der Waals surface area contributed by atoms with Crippen LogP contribution in [0.5, 0.6) is 0 Å². The fraction of sp³-hybridized carbons (Fsp3) is 0.364. The monoisotopic (exact) mass is 207 g/mol. The first-order valence-electron chi connectivity index (χ1n) is 4.83. The summed E-state index contributed by atoms with van der Waals surface area (Å²) in [7, 11) is 0. The first-order chi connectivity index (χ1) is 6.95. The van der Waals surface area contributed by atoms with E-state index >= 15 is 0 Å². The number of benzene rings is 1. The van der Waals surface area contributed by atoms with E-state index in [-0.39, 0.29) is 5.41 Å². The molecule has 4 nitrogen and oxygen atoms in total. The quantitative estimate of drug-likeness (QED) is 0.700. The molecule has 0 aliphatic heterocycles. The van der Waals surface area contributed by atoms with Crippen LogP contribution in [0.4, 0.5) is 10.5 Å². The fourth-order valence-corrected chi connectivity index (χ4v) is 1.26. The molecule has 4 heteroatoms. The molecule has 0 atom stereocenters. The van der Waals surface area contributed by atoms with E-state index in [2.05, 4.69) is 19.2 Å². The highest BCUT2D eigenvalue weighted by Crippen LogP contribution is 2.23. The van der Waals surface area contributed by atoms with Crippen LogP contribution < -0.4 is 16.8 Å². The lowest BCUT2D eigenvalue weighted by Gasteiger charge is -2.23. The van der Waals surface area contributed by atoms with Gasteiger partial charge in [-0.05, 0) is 17.7 Å². The van der Waals surface area contributed by atoms with Gasteiger partial charge in [0.1, 0.15) is 0 Å². The average Bonchev–Trinajstić information content (AvgIpc) is 2.18. The molecule has 0 saturated carbocycles. The number of hydrogen-bond acceptors (Lipinski definition) is 2. The lowest BCUT2D eigenvalue weighted by molar-refractivity contribution is 0.259. The number of nitrogens with two attached hydrogens (primary N) is 2. The van der Waals surface area contributed by atoms with Crippen LogP contribution >= 0.6 is 0 Å². The van der Waals surface area contributed by atoms with Crippen LogP contribution in [0.3, 0.4) is 0 Å². The van der Waals surface area contributed by atoms with Crippen molar-refractivity contribution >= 4 is 11.7 Å². The minimum Gasteiger partial charge on any atom is -0.351 e. The highest BCUT2D eigenvalue weighted by molar-refractivity contribution is 5.87. The summed E-state index contributed by atoms with van der Waals surface area (Å²) < 4.78 is 0. The molecule has 0 fully saturated rings. The number of hydrogen-bond donors (Lipinski definition) is 3. The lowest BCUT2D eigenvalue weighted by atomic mass is 9.85. The minimum atomic E-state index is -0.555. The van der Waals surface area contributed by atoms with Crippen molar-refractivity contribution in [2.24, 2.45) is 11.5 Å². The molecule has 2 amide bonds. The van der Waals surface area contributed by atoms with Gasteiger partial charge in [0.2, 0.25) is 0 Å². The maximum Gasteiger partial charge on any atom is 0.316 e. The van der Waals surface area contributed by atoms with Crippen molar-refractivity contribution in [3.05, 3.63) is 29.8 Å². The molecular weight excluding hydrogens is 190 g/mol. The van der Waals surface area contributed by atoms with E-state index in [1.807, 2.05) is 24.3 Å². The van der Waals surface area contributed by atoms with E-state index < -0.39 is 6.03 Å². The Labute approximate surface area is 89.6 Å². The molecule has 0 unspecified atom stereocenters. The summed E-state index contributed by atoms with van der Waals surface area (Å²) in [6, 6.07) is 6.96. The first kappa shape index (κ1) is 11.5. The van der Waals surface area contributed by atoms with E-state index in [0.717, 1.165) is 5.56 Å². The molecule has 0 aliphatic rings. The Hall–Kier alpha value is -1.55. The summed E-state index contributed by atoms with van der Waals surface area (Å²) in [6.45, 7) is 4.72. The van der Waals surface area contributed by atoms with Gasteiger partial charge in [-0.2, -0.15) is 0 Å². The van der Waals surface area contributed by atoms with Crippen molar-refractivity contribution in [1.82, 2.24) is 0 Å². The second-order valence-corrected chi connectivity index (χ2v) is 4.15. The van der Waals surface area contributed by atoms with E-state index in [0.29, 0.717) is 12.2 Å². The van der Waals surface area contributed by atoms with E-state index in [4.69, 9.17) is 11.5 Å². The van der Waals surface area contributed by atoms with Gasteiger partial charge in [-0.1, -0.05) is 26.0 Å². The zero-order valence-electron chi connectivity index (χ0n) is 9.08. The second kappa shape index (κ2) is 4.31. The van der Waals surface area contributed by atoms with Gasteiger partial charge >= 0.3 is 6.03 Å². The molecule has 0 aromatic heterocycles. The third-order valence-electron chi connectivity index (χ3n) is 2.44. The van der Waals surface area contributed by atoms with Crippen LogP contribution in [0.2, 0.25) is 0 Å². The topological polar surface area (TPSA) is 81.1 Å². The minimum absolute atomic E-state index is 0.0503. The van der Waals surface area contributed by atoms with Crippen molar-refractivity contribution in [2.75, 3.05) is 11.9 Å².